The zero-order valence-electron chi connectivity index (χ0n) is 15.2. The zero-order chi connectivity index (χ0) is 21.0. The van der Waals surface area contributed by atoms with E-state index in [-0.39, 0.29) is 24.3 Å². The van der Waals surface area contributed by atoms with Crippen molar-refractivity contribution in [1.82, 2.24) is 0 Å². The van der Waals surface area contributed by atoms with Gasteiger partial charge in [0.1, 0.15) is 18.1 Å². The van der Waals surface area contributed by atoms with E-state index in [1.54, 1.807) is 18.2 Å². The van der Waals surface area contributed by atoms with Crippen molar-refractivity contribution in [1.29, 1.82) is 0 Å². The van der Waals surface area contributed by atoms with Crippen molar-refractivity contribution >= 4 is 11.6 Å². The van der Waals surface area contributed by atoms with Gasteiger partial charge in [-0.3, -0.25) is 4.79 Å². The van der Waals surface area contributed by atoms with Gasteiger partial charge in [0.15, 0.2) is 11.6 Å². The first kappa shape index (κ1) is 20.6. The Balaban J connectivity index is 2.15. The number of benzene rings is 2. The monoisotopic (exact) mass is 410 g/mol. The Labute approximate surface area is 164 Å². The second-order valence-electron chi connectivity index (χ2n) is 6.59. The second-order valence-corrected chi connectivity index (χ2v) is 6.59. The van der Waals surface area contributed by atoms with Crippen LogP contribution < -0.4 is 10.5 Å². The Morgan fingerprint density at radius 1 is 1.17 bits per heavy atom. The van der Waals surface area contributed by atoms with Gasteiger partial charge in [-0.05, 0) is 36.5 Å². The minimum Gasteiger partial charge on any atom is -0.434 e. The summed E-state index contributed by atoms with van der Waals surface area (Å²) in [5, 5.41) is 3.92. The number of oxime groups is 1. The lowest BCUT2D eigenvalue weighted by molar-refractivity contribution is -0.117. The molecule has 2 N–H and O–H groups in total. The summed E-state index contributed by atoms with van der Waals surface area (Å²) in [4.78, 5) is 16.7. The van der Waals surface area contributed by atoms with Crippen LogP contribution in [-0.2, 0) is 16.1 Å². The molecule has 154 valence electrons. The lowest BCUT2D eigenvalue weighted by Crippen LogP contribution is -2.19. The van der Waals surface area contributed by atoms with E-state index >= 15 is 0 Å². The molecule has 1 aliphatic rings. The van der Waals surface area contributed by atoms with Gasteiger partial charge in [-0.2, -0.15) is 8.78 Å². The number of nitrogens with zero attached hydrogens (tertiary/aromatic N) is 1. The maximum absolute atomic E-state index is 14.7. The smallest absolute Gasteiger partial charge is 0.387 e. The fraction of sp³-hybridized carbons (Fsp3) is 0.300. The largest absolute Gasteiger partial charge is 0.434 e. The highest BCUT2D eigenvalue weighted by Crippen LogP contribution is 2.31. The molecule has 0 spiro atoms. The van der Waals surface area contributed by atoms with Crippen LogP contribution in [-0.4, -0.2) is 24.8 Å². The van der Waals surface area contributed by atoms with Crippen molar-refractivity contribution in [2.75, 3.05) is 6.61 Å². The molecule has 2 aromatic carbocycles. The SMILES string of the molecule is NC(=O)Cc1ccccc1C(=NOCC1CC1)c1c(OC(F)F)ccc(F)c1F. The van der Waals surface area contributed by atoms with Crippen LogP contribution in [0, 0.1) is 17.6 Å². The van der Waals surface area contributed by atoms with Crippen molar-refractivity contribution in [3.63, 3.8) is 0 Å². The van der Waals surface area contributed by atoms with E-state index in [0.717, 1.165) is 18.9 Å². The van der Waals surface area contributed by atoms with E-state index in [9.17, 15) is 22.4 Å². The predicted molar refractivity (Wildman–Crippen MR) is 96.6 cm³/mol. The third-order valence-corrected chi connectivity index (χ3v) is 4.31. The van der Waals surface area contributed by atoms with Crippen LogP contribution in [0.15, 0.2) is 41.6 Å². The fourth-order valence-corrected chi connectivity index (χ4v) is 2.76. The predicted octanol–water partition coefficient (Wildman–Crippen LogP) is 3.77. The molecule has 0 bridgehead atoms. The van der Waals surface area contributed by atoms with E-state index in [4.69, 9.17) is 10.6 Å². The summed E-state index contributed by atoms with van der Waals surface area (Å²) < 4.78 is 58.7. The second kappa shape index (κ2) is 8.93. The lowest BCUT2D eigenvalue weighted by atomic mass is 9.94. The number of primary amides is 1. The highest BCUT2D eigenvalue weighted by Gasteiger charge is 2.27. The molecule has 2 aromatic rings. The highest BCUT2D eigenvalue weighted by molar-refractivity contribution is 6.15. The van der Waals surface area contributed by atoms with Crippen molar-refractivity contribution in [2.45, 2.75) is 25.9 Å². The number of nitrogens with two attached hydrogens (primary N) is 1. The van der Waals surface area contributed by atoms with Crippen molar-refractivity contribution in [3.8, 4) is 5.75 Å². The first-order chi connectivity index (χ1) is 13.9. The first-order valence-corrected chi connectivity index (χ1v) is 8.86. The average Bonchev–Trinajstić information content (AvgIpc) is 3.47. The Morgan fingerprint density at radius 2 is 1.90 bits per heavy atom. The van der Waals surface area contributed by atoms with Gasteiger partial charge in [0.25, 0.3) is 0 Å². The quantitative estimate of drug-likeness (QED) is 0.389. The topological polar surface area (TPSA) is 73.9 Å². The molecule has 3 rings (SSSR count). The molecule has 1 aliphatic carbocycles. The number of rotatable bonds is 9. The van der Waals surface area contributed by atoms with Crippen molar-refractivity contribution < 1.29 is 31.9 Å². The molecular formula is C20H18F4N2O3. The summed E-state index contributed by atoms with van der Waals surface area (Å²) in [5.74, 6) is -3.68. The Bertz CT molecular complexity index is 930. The zero-order valence-corrected chi connectivity index (χ0v) is 15.2. The molecular weight excluding hydrogens is 392 g/mol. The number of carbonyl (C=O) groups is 1. The average molecular weight is 410 g/mol. The van der Waals surface area contributed by atoms with Gasteiger partial charge >= 0.3 is 6.61 Å². The van der Waals surface area contributed by atoms with Crippen LogP contribution in [0.25, 0.3) is 0 Å². The molecule has 0 unspecified atom stereocenters. The lowest BCUT2D eigenvalue weighted by Gasteiger charge is -2.16. The highest BCUT2D eigenvalue weighted by atomic mass is 19.3. The van der Waals surface area contributed by atoms with Crippen LogP contribution in [0.2, 0.25) is 0 Å². The minimum absolute atomic E-state index is 0.186. The molecule has 1 fully saturated rings. The van der Waals surface area contributed by atoms with Gasteiger partial charge in [-0.25, -0.2) is 8.78 Å². The van der Waals surface area contributed by atoms with Crippen LogP contribution >= 0.6 is 0 Å². The molecule has 0 aromatic heterocycles. The number of carbonyl (C=O) groups excluding carboxylic acids is 1. The maximum atomic E-state index is 14.7. The van der Waals surface area contributed by atoms with E-state index in [0.29, 0.717) is 17.5 Å². The van der Waals surface area contributed by atoms with Gasteiger partial charge in [-0.1, -0.05) is 29.4 Å². The fourth-order valence-electron chi connectivity index (χ4n) is 2.76. The Morgan fingerprint density at radius 3 is 2.55 bits per heavy atom. The van der Waals surface area contributed by atoms with Gasteiger partial charge < -0.3 is 15.3 Å². The normalized spacial score (nSPS) is 14.2. The number of hydrogen-bond acceptors (Lipinski definition) is 4. The molecule has 29 heavy (non-hydrogen) atoms. The van der Waals surface area contributed by atoms with E-state index < -0.39 is 35.5 Å². The van der Waals surface area contributed by atoms with Crippen molar-refractivity contribution in [2.24, 2.45) is 16.8 Å². The van der Waals surface area contributed by atoms with E-state index in [2.05, 4.69) is 9.89 Å². The minimum atomic E-state index is -3.27. The van der Waals surface area contributed by atoms with E-state index in [1.807, 2.05) is 0 Å². The molecule has 0 aliphatic heterocycles. The number of halogens is 4. The standard InChI is InChI=1S/C20H18F4N2O3/c21-14-7-8-15(29-20(23)24)17(18(14)22)19(26-28-10-11-5-6-11)13-4-2-1-3-12(13)9-16(25)27/h1-4,7-8,11,20H,5-6,9-10H2,(H2,25,27). The number of ether oxygens (including phenoxy) is 1. The first-order valence-electron chi connectivity index (χ1n) is 8.86. The molecule has 0 heterocycles. The summed E-state index contributed by atoms with van der Waals surface area (Å²) in [6, 6.07) is 7.76. The Kier molecular flexibility index (Phi) is 6.36. The molecule has 1 saturated carbocycles. The summed E-state index contributed by atoms with van der Waals surface area (Å²) in [7, 11) is 0. The molecule has 0 radical (unpaired) electrons. The van der Waals surface area contributed by atoms with Crippen LogP contribution in [0.5, 0.6) is 5.75 Å². The molecule has 1 amide bonds. The molecule has 5 nitrogen and oxygen atoms in total. The summed E-state index contributed by atoms with van der Waals surface area (Å²) in [6.07, 6.45) is 1.69. The Hall–Kier alpha value is -3.10. The van der Waals surface area contributed by atoms with E-state index in [1.165, 1.54) is 6.07 Å². The van der Waals surface area contributed by atoms with Crippen LogP contribution in [0.1, 0.15) is 29.5 Å². The number of hydrogen-bond donors (Lipinski definition) is 1. The van der Waals surface area contributed by atoms with Crippen LogP contribution in [0.3, 0.4) is 0 Å². The molecule has 9 heteroatoms. The number of amides is 1. The summed E-state index contributed by atoms with van der Waals surface area (Å²) >= 11 is 0. The number of alkyl halides is 2. The van der Waals surface area contributed by atoms with Gasteiger partial charge in [0, 0.05) is 5.56 Å². The summed E-state index contributed by atoms with van der Waals surface area (Å²) in [5.41, 5.74) is 4.90. The molecule has 0 atom stereocenters. The van der Waals surface area contributed by atoms with Gasteiger partial charge in [-0.15, -0.1) is 0 Å². The maximum Gasteiger partial charge on any atom is 0.387 e. The summed E-state index contributed by atoms with van der Waals surface area (Å²) in [6.45, 7) is -3.03. The molecule has 0 saturated heterocycles. The van der Waals surface area contributed by atoms with Crippen molar-refractivity contribution in [3.05, 3.63) is 64.7 Å². The third-order valence-electron chi connectivity index (χ3n) is 4.31. The van der Waals surface area contributed by atoms with Crippen LogP contribution in [0.4, 0.5) is 17.6 Å². The van der Waals surface area contributed by atoms with Gasteiger partial charge in [0.05, 0.1) is 12.0 Å². The van der Waals surface area contributed by atoms with Gasteiger partial charge in [0.2, 0.25) is 5.91 Å². The third kappa shape index (κ3) is 5.24.